The average molecular weight is 1870 g/mol. The third-order valence-electron chi connectivity index (χ3n) is 34.5. The molecule has 0 atom stereocenters. The predicted octanol–water partition coefficient (Wildman–Crippen LogP) is 19.5. The topological polar surface area (TPSA) is 223 Å². The maximum Gasteiger partial charge on any atom is 0.232 e. The molecule has 770 valence electrons. The van der Waals surface area contributed by atoms with Crippen LogP contribution in [0.15, 0.2) is 0 Å². The lowest BCUT2D eigenvalue weighted by Crippen LogP contribution is -2.63. The third kappa shape index (κ3) is 28.7. The number of likely N-dealkylation sites (tertiary alicyclic amines) is 6. The van der Waals surface area contributed by atoms with Crippen molar-refractivity contribution in [1.29, 1.82) is 0 Å². The summed E-state index contributed by atoms with van der Waals surface area (Å²) in [4.78, 5) is 87.4. The second-order valence-electron chi connectivity index (χ2n) is 50.2. The third-order valence-corrected chi connectivity index (χ3v) is 34.5. The molecule has 0 saturated carbocycles. The molecule has 0 unspecified atom stereocenters. The van der Waals surface area contributed by atoms with Crippen LogP contribution in [0.25, 0.3) is 0 Å². The Balaban J connectivity index is 1.07. The first-order valence-electron chi connectivity index (χ1n) is 54.2. The lowest BCUT2D eigenvalue weighted by Gasteiger charge is -2.56. The number of unbranched alkanes of at least 4 members (excludes halogenated alkanes) is 6. The van der Waals surface area contributed by atoms with Gasteiger partial charge in [-0.3, -0.25) is 29.4 Å². The molecule has 9 rings (SSSR count). The van der Waals surface area contributed by atoms with E-state index in [1.54, 1.807) is 0 Å². The van der Waals surface area contributed by atoms with Crippen molar-refractivity contribution in [2.45, 2.75) is 490 Å². The minimum absolute atomic E-state index is 0.0130. The lowest BCUT2D eigenvalue weighted by atomic mass is 9.77. The molecule has 5 N–H and O–H groups in total. The summed E-state index contributed by atoms with van der Waals surface area (Å²) in [6.07, 6.45) is 28.8. The van der Waals surface area contributed by atoms with Crippen LogP contribution in [0.5, 0.6) is 0 Å². The number of aromatic nitrogens is 9. The first-order valence-corrected chi connectivity index (χ1v) is 54.2. The summed E-state index contributed by atoms with van der Waals surface area (Å²) in [5.41, 5.74) is 6.31. The van der Waals surface area contributed by atoms with Gasteiger partial charge in [-0.05, 0) is 382 Å². The van der Waals surface area contributed by atoms with Crippen LogP contribution in [0.2, 0.25) is 0 Å². The van der Waals surface area contributed by atoms with E-state index in [4.69, 9.17) is 50.6 Å². The Morgan fingerprint density at radius 3 is 0.515 bits per heavy atom. The summed E-state index contributed by atoms with van der Waals surface area (Å²) in [7, 11) is 13.9. The monoisotopic (exact) mass is 1870 g/mol. The SMILES string of the molecule is CCCCN(c1nc(NCCCN(CCCN)CCN(CCCNc2nc(N(CCCC)C3CC(C)(C)N(C)C(C)(C)C3)nc(N(CCCC)C3CC(C)(C)N(C)C(C)(C)C3)n2)CCCNc2nc(N(CCCC)C3CC(C)(C)N(C)C(C)(C)C3)nc(N(CCCC)C3CC(C)(C)N(C)C(C)(C)C3)n2)nc(N(CCCC)C2CC(C)(C)N(C)C(C)(C)C2)n1)C1CC(C)(C)N(C)C(C)(C)C1. The molecule has 6 fully saturated rings. The number of nitrogens with zero attached hydrogens (tertiary/aromatic N) is 23. The van der Waals surface area contributed by atoms with Crippen molar-refractivity contribution < 1.29 is 0 Å². The van der Waals surface area contributed by atoms with Crippen molar-refractivity contribution in [2.24, 2.45) is 5.73 Å². The van der Waals surface area contributed by atoms with Gasteiger partial charge < -0.3 is 60.9 Å². The highest BCUT2D eigenvalue weighted by Crippen LogP contribution is 2.48. The quantitative estimate of drug-likeness (QED) is 0.0386. The Labute approximate surface area is 821 Å². The van der Waals surface area contributed by atoms with Crippen molar-refractivity contribution in [3.63, 3.8) is 0 Å². The maximum atomic E-state index is 6.54. The van der Waals surface area contributed by atoms with Crippen LogP contribution in [0, 0.1) is 0 Å². The van der Waals surface area contributed by atoms with Crippen LogP contribution in [-0.4, -0.2) is 334 Å². The van der Waals surface area contributed by atoms with Gasteiger partial charge >= 0.3 is 0 Å². The summed E-state index contributed by atoms with van der Waals surface area (Å²) in [5, 5.41) is 11.9. The fourth-order valence-electron chi connectivity index (χ4n) is 24.7. The first-order chi connectivity index (χ1) is 62.5. The molecule has 0 spiro atoms. The molecule has 6 saturated heterocycles. The van der Waals surface area contributed by atoms with Gasteiger partial charge in [0.05, 0.1) is 0 Å². The van der Waals surface area contributed by atoms with Crippen molar-refractivity contribution in [2.75, 3.05) is 192 Å². The Morgan fingerprint density at radius 2 is 0.373 bits per heavy atom. The summed E-state index contributed by atoms with van der Waals surface area (Å²) >= 11 is 0. The van der Waals surface area contributed by atoms with Crippen LogP contribution < -0.4 is 51.1 Å². The zero-order valence-corrected chi connectivity index (χ0v) is 93.4. The summed E-state index contributed by atoms with van der Waals surface area (Å²) in [6, 6.07) is 1.54. The highest BCUT2D eigenvalue weighted by Gasteiger charge is 2.53. The molecule has 3 aromatic heterocycles. The molecule has 0 aromatic carbocycles. The van der Waals surface area contributed by atoms with Crippen molar-refractivity contribution in [3.05, 3.63) is 0 Å². The maximum absolute atomic E-state index is 6.54. The molecule has 27 nitrogen and oxygen atoms in total. The lowest BCUT2D eigenvalue weighted by molar-refractivity contribution is -0.0135. The van der Waals surface area contributed by atoms with E-state index in [-0.39, 0.29) is 103 Å². The Kier molecular flexibility index (Phi) is 39.2. The minimum atomic E-state index is -0.0221. The van der Waals surface area contributed by atoms with E-state index in [1.165, 1.54) is 0 Å². The van der Waals surface area contributed by atoms with Gasteiger partial charge in [-0.25, -0.2) is 0 Å². The van der Waals surface area contributed by atoms with E-state index in [1.807, 2.05) is 0 Å². The molecular weight excluding hydrogens is 1660 g/mol. The zero-order chi connectivity index (χ0) is 99.3. The Bertz CT molecular complexity index is 3550. The van der Waals surface area contributed by atoms with Crippen LogP contribution in [0.1, 0.15) is 387 Å². The molecule has 3 aromatic rings. The largest absolute Gasteiger partial charge is 0.354 e. The second-order valence-corrected chi connectivity index (χ2v) is 50.2. The number of nitrogens with one attached hydrogen (secondary N) is 3. The van der Waals surface area contributed by atoms with Gasteiger partial charge in [0.1, 0.15) is 0 Å². The number of hydrogen-bond acceptors (Lipinski definition) is 27. The van der Waals surface area contributed by atoms with E-state index in [9.17, 15) is 0 Å². The van der Waals surface area contributed by atoms with Gasteiger partial charge in [0.2, 0.25) is 53.5 Å². The molecule has 27 heteroatoms. The Hall–Kier alpha value is -5.13. The van der Waals surface area contributed by atoms with Crippen molar-refractivity contribution >= 4 is 53.5 Å². The standard InChI is InChI=1S/C107H207N27/c1-37-43-61-129(81-69-96(7,8)121(31)97(9,10)70-81)90-112-87(113-91(118-90)130(62-44-38-2)82-71-98(11,12)122(32)99(13,14)72-82)109-54-50-58-127(57-49-53-108)67-68-128(59-51-55-110-88-114-92(131(63-45-39-3)83-73-100(15,16)123(33)101(17,18)74-83)119-93(115-88)132(64-46-40-4)84-75-102(19,20)124(34)103(21,22)76-84)60-52-56-111-89-116-94(133(65-47-41-5)85-77-104(23,24)125(35)105(25,26)78-85)120-95(117-89)134(66-48-42-6)86-79-106(27,28)126(36)107(29,30)80-86/h81-86H,37-80,108H2,1-36H3,(H,109,112,113,118)(H,110,114,115,119)(H,111,116,117,120). The van der Waals surface area contributed by atoms with Gasteiger partial charge in [-0.2, -0.15) is 44.9 Å². The van der Waals surface area contributed by atoms with Crippen molar-refractivity contribution in [1.82, 2.24) is 84.1 Å². The fourth-order valence-corrected chi connectivity index (χ4v) is 24.7. The van der Waals surface area contributed by atoms with Crippen LogP contribution in [0.3, 0.4) is 0 Å². The Morgan fingerprint density at radius 1 is 0.224 bits per heavy atom. The van der Waals surface area contributed by atoms with E-state index in [0.717, 1.165) is 301 Å². The molecule has 0 amide bonds. The van der Waals surface area contributed by atoms with E-state index < -0.39 is 0 Å². The summed E-state index contributed by atoms with van der Waals surface area (Å²) in [5.74, 6) is 6.90. The first kappa shape index (κ1) is 112. The number of rotatable bonds is 51. The number of nitrogens with two attached hydrogens (primary N) is 1. The average Bonchev–Trinajstić information content (AvgIpc) is 0.768. The van der Waals surface area contributed by atoms with Gasteiger partial charge in [0.15, 0.2) is 0 Å². The van der Waals surface area contributed by atoms with E-state index in [2.05, 4.69) is 335 Å². The molecule has 0 aliphatic carbocycles. The molecule has 0 radical (unpaired) electrons. The van der Waals surface area contributed by atoms with E-state index in [0.29, 0.717) is 37.5 Å². The number of hydrogen-bond donors (Lipinski definition) is 4. The van der Waals surface area contributed by atoms with Gasteiger partial charge in [0, 0.05) is 175 Å². The van der Waals surface area contributed by atoms with Crippen molar-refractivity contribution in [3.8, 4) is 0 Å². The minimum Gasteiger partial charge on any atom is -0.354 e. The van der Waals surface area contributed by atoms with Gasteiger partial charge in [-0.15, -0.1) is 0 Å². The smallest absolute Gasteiger partial charge is 0.232 e. The van der Waals surface area contributed by atoms with Gasteiger partial charge in [-0.1, -0.05) is 80.1 Å². The van der Waals surface area contributed by atoms with E-state index >= 15 is 0 Å². The summed E-state index contributed by atoms with van der Waals surface area (Å²) in [6.45, 7) is 85.7. The van der Waals surface area contributed by atoms with Crippen LogP contribution in [0.4, 0.5) is 53.5 Å². The van der Waals surface area contributed by atoms with Crippen LogP contribution in [-0.2, 0) is 0 Å². The molecule has 9 heterocycles. The molecular formula is C107H207N27. The predicted molar refractivity (Wildman–Crippen MR) is 573 cm³/mol. The molecule has 6 aliphatic rings. The fraction of sp³-hybridized carbons (Fsp3) is 0.916. The number of anilines is 9. The second kappa shape index (κ2) is 46.7. The number of piperidine rings is 6. The summed E-state index contributed by atoms with van der Waals surface area (Å²) < 4.78 is 0. The highest BCUT2D eigenvalue weighted by molar-refractivity contribution is 5.51. The van der Waals surface area contributed by atoms with Crippen LogP contribution >= 0.6 is 0 Å². The molecule has 134 heavy (non-hydrogen) atoms. The van der Waals surface area contributed by atoms with Gasteiger partial charge in [0.25, 0.3) is 0 Å². The normalized spacial score (nSPS) is 22.4. The zero-order valence-electron chi connectivity index (χ0n) is 93.4. The molecule has 6 aliphatic heterocycles. The highest BCUT2D eigenvalue weighted by atomic mass is 15.4. The molecule has 0 bridgehead atoms.